The summed E-state index contributed by atoms with van der Waals surface area (Å²) in [6.45, 7) is 2.23. The fourth-order valence-electron chi connectivity index (χ4n) is 1.18. The van der Waals surface area contributed by atoms with Crippen LogP contribution in [-0.2, 0) is 13.5 Å². The molecule has 0 N–H and O–H groups in total. The van der Waals surface area contributed by atoms with E-state index in [-0.39, 0.29) is 12.4 Å². The SMILES string of the molecule is CCCCc1cccc[n+]1C.[Cl-]. The number of nitrogens with zero attached hydrogens (tertiary/aromatic N) is 1. The van der Waals surface area contributed by atoms with Gasteiger partial charge in [-0.1, -0.05) is 19.4 Å². The molecule has 0 saturated heterocycles. The number of hydrogen-bond acceptors (Lipinski definition) is 0. The van der Waals surface area contributed by atoms with Gasteiger partial charge < -0.3 is 12.4 Å². The minimum atomic E-state index is 0. The van der Waals surface area contributed by atoms with E-state index in [0.29, 0.717) is 0 Å². The number of pyridine rings is 1. The van der Waals surface area contributed by atoms with Crippen molar-refractivity contribution in [3.8, 4) is 0 Å². The Bertz CT molecular complexity index is 223. The van der Waals surface area contributed by atoms with Crippen molar-refractivity contribution in [3.05, 3.63) is 30.1 Å². The van der Waals surface area contributed by atoms with E-state index in [1.54, 1.807) is 0 Å². The van der Waals surface area contributed by atoms with Crippen LogP contribution in [0, 0.1) is 0 Å². The zero-order chi connectivity index (χ0) is 8.10. The lowest BCUT2D eigenvalue weighted by atomic mass is 10.2. The first kappa shape index (κ1) is 11.4. The average Bonchev–Trinajstić information content (AvgIpc) is 2.03. The van der Waals surface area contributed by atoms with Crippen molar-refractivity contribution in [2.24, 2.45) is 7.05 Å². The van der Waals surface area contributed by atoms with Crippen LogP contribution in [0.5, 0.6) is 0 Å². The number of aromatic nitrogens is 1. The van der Waals surface area contributed by atoms with Gasteiger partial charge in [0.05, 0.1) is 0 Å². The van der Waals surface area contributed by atoms with E-state index >= 15 is 0 Å². The van der Waals surface area contributed by atoms with Crippen LogP contribution in [0.3, 0.4) is 0 Å². The van der Waals surface area contributed by atoms with Gasteiger partial charge in [0.15, 0.2) is 11.9 Å². The predicted molar refractivity (Wildman–Crippen MR) is 46.2 cm³/mol. The Morgan fingerprint density at radius 1 is 1.33 bits per heavy atom. The minimum absolute atomic E-state index is 0. The van der Waals surface area contributed by atoms with Crippen molar-refractivity contribution in [3.63, 3.8) is 0 Å². The van der Waals surface area contributed by atoms with Crippen molar-refractivity contribution in [1.82, 2.24) is 0 Å². The molecule has 0 saturated carbocycles. The quantitative estimate of drug-likeness (QED) is 0.525. The van der Waals surface area contributed by atoms with E-state index in [1.165, 1.54) is 25.0 Å². The summed E-state index contributed by atoms with van der Waals surface area (Å²) in [7, 11) is 2.10. The van der Waals surface area contributed by atoms with Gasteiger partial charge in [0.25, 0.3) is 0 Å². The molecule has 1 rings (SSSR count). The van der Waals surface area contributed by atoms with E-state index in [1.807, 2.05) is 0 Å². The molecule has 0 fully saturated rings. The van der Waals surface area contributed by atoms with Crippen molar-refractivity contribution < 1.29 is 17.0 Å². The highest BCUT2D eigenvalue weighted by molar-refractivity contribution is 4.96. The van der Waals surface area contributed by atoms with Crippen molar-refractivity contribution >= 4 is 0 Å². The zero-order valence-electron chi connectivity index (χ0n) is 7.76. The van der Waals surface area contributed by atoms with Crippen LogP contribution in [0.15, 0.2) is 24.4 Å². The van der Waals surface area contributed by atoms with Gasteiger partial charge in [-0.2, -0.15) is 0 Å². The Balaban J connectivity index is 0.00000121. The van der Waals surface area contributed by atoms with Crippen molar-refractivity contribution in [2.75, 3.05) is 0 Å². The predicted octanol–water partition coefficient (Wildman–Crippen LogP) is -1.14. The number of halogens is 1. The molecular formula is C10H16ClN. The van der Waals surface area contributed by atoms with Gasteiger partial charge in [0, 0.05) is 18.6 Å². The molecule has 0 unspecified atom stereocenters. The van der Waals surface area contributed by atoms with Gasteiger partial charge in [-0.25, -0.2) is 4.57 Å². The molecule has 0 spiro atoms. The first-order valence-electron chi connectivity index (χ1n) is 4.28. The Labute approximate surface area is 80.8 Å². The Hall–Kier alpha value is -0.560. The summed E-state index contributed by atoms with van der Waals surface area (Å²) in [6, 6.07) is 6.36. The molecule has 0 aromatic carbocycles. The van der Waals surface area contributed by atoms with Crippen molar-refractivity contribution in [1.29, 1.82) is 0 Å². The molecule has 1 aromatic rings. The van der Waals surface area contributed by atoms with E-state index in [4.69, 9.17) is 0 Å². The fraction of sp³-hybridized carbons (Fsp3) is 0.500. The van der Waals surface area contributed by atoms with Crippen LogP contribution in [0.4, 0.5) is 0 Å². The van der Waals surface area contributed by atoms with Crippen LogP contribution in [0.25, 0.3) is 0 Å². The minimum Gasteiger partial charge on any atom is -1.00 e. The smallest absolute Gasteiger partial charge is 0.181 e. The fourth-order valence-corrected chi connectivity index (χ4v) is 1.18. The summed E-state index contributed by atoms with van der Waals surface area (Å²) in [5.41, 5.74) is 1.43. The van der Waals surface area contributed by atoms with E-state index in [0.717, 1.165) is 0 Å². The molecule has 0 aliphatic carbocycles. The number of rotatable bonds is 3. The first-order chi connectivity index (χ1) is 5.34. The van der Waals surface area contributed by atoms with Gasteiger partial charge >= 0.3 is 0 Å². The molecule has 12 heavy (non-hydrogen) atoms. The topological polar surface area (TPSA) is 3.88 Å². The lowest BCUT2D eigenvalue weighted by Crippen LogP contribution is -3.00. The summed E-state index contributed by atoms with van der Waals surface area (Å²) in [5.74, 6) is 0. The summed E-state index contributed by atoms with van der Waals surface area (Å²) in [6.07, 6.45) is 5.87. The van der Waals surface area contributed by atoms with E-state index < -0.39 is 0 Å². The van der Waals surface area contributed by atoms with Gasteiger partial charge in [-0.05, 0) is 6.42 Å². The van der Waals surface area contributed by atoms with Crippen LogP contribution >= 0.6 is 0 Å². The maximum Gasteiger partial charge on any atom is 0.181 e. The second-order valence-corrected chi connectivity index (χ2v) is 2.91. The molecular weight excluding hydrogens is 170 g/mol. The number of unbranched alkanes of at least 4 members (excludes halogenated alkanes) is 1. The third-order valence-corrected chi connectivity index (χ3v) is 1.95. The third-order valence-electron chi connectivity index (χ3n) is 1.95. The molecule has 68 valence electrons. The molecule has 0 aliphatic rings. The third kappa shape index (κ3) is 3.22. The number of aryl methyl sites for hydroxylation is 2. The maximum atomic E-state index is 2.23. The second kappa shape index (κ2) is 6.01. The van der Waals surface area contributed by atoms with Gasteiger partial charge in [-0.3, -0.25) is 0 Å². The molecule has 0 radical (unpaired) electrons. The lowest BCUT2D eigenvalue weighted by Gasteiger charge is -1.96. The average molecular weight is 186 g/mol. The molecule has 2 heteroatoms. The Morgan fingerprint density at radius 2 is 2.08 bits per heavy atom. The summed E-state index contributed by atoms with van der Waals surface area (Å²) in [5, 5.41) is 0. The molecule has 0 aliphatic heterocycles. The van der Waals surface area contributed by atoms with Gasteiger partial charge in [-0.15, -0.1) is 0 Å². The summed E-state index contributed by atoms with van der Waals surface area (Å²) < 4.78 is 2.19. The van der Waals surface area contributed by atoms with Crippen LogP contribution in [0.2, 0.25) is 0 Å². The second-order valence-electron chi connectivity index (χ2n) is 2.91. The molecule has 0 bridgehead atoms. The van der Waals surface area contributed by atoms with Gasteiger partial charge in [0.2, 0.25) is 0 Å². The molecule has 1 heterocycles. The van der Waals surface area contributed by atoms with Crippen LogP contribution in [0.1, 0.15) is 25.5 Å². The first-order valence-corrected chi connectivity index (χ1v) is 4.28. The van der Waals surface area contributed by atoms with Crippen LogP contribution in [-0.4, -0.2) is 0 Å². The maximum absolute atomic E-state index is 2.23. The summed E-state index contributed by atoms with van der Waals surface area (Å²) in [4.78, 5) is 0. The Kier molecular flexibility index (Phi) is 5.73. The van der Waals surface area contributed by atoms with Gasteiger partial charge in [0.1, 0.15) is 7.05 Å². The number of hydrogen-bond donors (Lipinski definition) is 0. The lowest BCUT2D eigenvalue weighted by molar-refractivity contribution is -0.679. The Morgan fingerprint density at radius 3 is 2.67 bits per heavy atom. The highest BCUT2D eigenvalue weighted by atomic mass is 35.5. The molecule has 1 nitrogen and oxygen atoms in total. The standard InChI is InChI=1S/C10H16N.ClH/c1-3-4-7-10-8-5-6-9-11(10)2;/h5-6,8-9H,3-4,7H2,1-2H3;1H/q+1;/p-1. The highest BCUT2D eigenvalue weighted by Crippen LogP contribution is 1.97. The molecule has 0 atom stereocenters. The summed E-state index contributed by atoms with van der Waals surface area (Å²) >= 11 is 0. The van der Waals surface area contributed by atoms with Crippen LogP contribution < -0.4 is 17.0 Å². The zero-order valence-corrected chi connectivity index (χ0v) is 8.51. The normalized spacial score (nSPS) is 9.17. The van der Waals surface area contributed by atoms with Crippen molar-refractivity contribution in [2.45, 2.75) is 26.2 Å². The monoisotopic (exact) mass is 185 g/mol. The highest BCUT2D eigenvalue weighted by Gasteiger charge is 2.01. The largest absolute Gasteiger partial charge is 1.00 e. The van der Waals surface area contributed by atoms with E-state index in [9.17, 15) is 0 Å². The van der Waals surface area contributed by atoms with E-state index in [2.05, 4.69) is 42.9 Å². The molecule has 1 aromatic heterocycles. The molecule has 0 amide bonds.